The summed E-state index contributed by atoms with van der Waals surface area (Å²) in [5.74, 6) is 0.174. The summed E-state index contributed by atoms with van der Waals surface area (Å²) in [7, 11) is 2.83. The van der Waals surface area contributed by atoms with E-state index in [2.05, 4.69) is 27.3 Å². The van der Waals surface area contributed by atoms with E-state index >= 15 is 0 Å². The first-order chi connectivity index (χ1) is 7.67. The molecular formula is C11H13IO4. The standard InChI is InChI=1S/C11H13IO4/c1-14-7-10(11(13)15-2)16-9-5-3-8(12)4-6-9/h3-6,10H,7H2,1-2H3. The Balaban J connectivity index is 2.67. The summed E-state index contributed by atoms with van der Waals surface area (Å²) < 4.78 is 16.1. The van der Waals surface area contributed by atoms with Crippen molar-refractivity contribution >= 4 is 28.6 Å². The van der Waals surface area contributed by atoms with E-state index < -0.39 is 12.1 Å². The van der Waals surface area contributed by atoms with Crippen LogP contribution in [0, 0.1) is 3.57 Å². The zero-order valence-electron chi connectivity index (χ0n) is 9.10. The molecule has 0 bridgehead atoms. The minimum atomic E-state index is -0.727. The van der Waals surface area contributed by atoms with Crippen molar-refractivity contribution in [2.24, 2.45) is 0 Å². The Morgan fingerprint density at radius 3 is 2.44 bits per heavy atom. The molecule has 5 heteroatoms. The average molecular weight is 336 g/mol. The minimum absolute atomic E-state index is 0.165. The molecule has 88 valence electrons. The lowest BCUT2D eigenvalue weighted by Crippen LogP contribution is -2.32. The van der Waals surface area contributed by atoms with E-state index in [1.165, 1.54) is 14.2 Å². The monoisotopic (exact) mass is 336 g/mol. The van der Waals surface area contributed by atoms with Crippen molar-refractivity contribution in [1.29, 1.82) is 0 Å². The van der Waals surface area contributed by atoms with Gasteiger partial charge >= 0.3 is 5.97 Å². The fourth-order valence-corrected chi connectivity index (χ4v) is 1.47. The Hall–Kier alpha value is -0.820. The second-order valence-corrected chi connectivity index (χ2v) is 4.28. The quantitative estimate of drug-likeness (QED) is 0.608. The predicted molar refractivity (Wildman–Crippen MR) is 67.5 cm³/mol. The summed E-state index contributed by atoms with van der Waals surface area (Å²) in [4.78, 5) is 11.3. The Bertz CT molecular complexity index is 336. The van der Waals surface area contributed by atoms with E-state index in [0.29, 0.717) is 5.75 Å². The van der Waals surface area contributed by atoms with Crippen molar-refractivity contribution in [1.82, 2.24) is 0 Å². The van der Waals surface area contributed by atoms with Crippen molar-refractivity contribution in [3.63, 3.8) is 0 Å². The van der Waals surface area contributed by atoms with E-state index in [4.69, 9.17) is 9.47 Å². The topological polar surface area (TPSA) is 44.8 Å². The maximum absolute atomic E-state index is 11.3. The van der Waals surface area contributed by atoms with Crippen LogP contribution in [0.4, 0.5) is 0 Å². The number of halogens is 1. The highest BCUT2D eigenvalue weighted by Gasteiger charge is 2.20. The molecule has 0 aliphatic rings. The summed E-state index contributed by atoms with van der Waals surface area (Å²) in [5, 5.41) is 0. The first-order valence-electron chi connectivity index (χ1n) is 4.66. The molecule has 0 aliphatic carbocycles. The van der Waals surface area contributed by atoms with Gasteiger partial charge < -0.3 is 14.2 Å². The number of carbonyl (C=O) groups excluding carboxylic acids is 1. The lowest BCUT2D eigenvalue weighted by Gasteiger charge is -2.15. The largest absolute Gasteiger partial charge is 0.476 e. The molecule has 1 aromatic carbocycles. The van der Waals surface area contributed by atoms with Gasteiger partial charge in [-0.2, -0.15) is 0 Å². The molecule has 0 radical (unpaired) electrons. The number of esters is 1. The van der Waals surface area contributed by atoms with Crippen LogP contribution in [0.25, 0.3) is 0 Å². The van der Waals surface area contributed by atoms with Gasteiger partial charge in [0.25, 0.3) is 0 Å². The van der Waals surface area contributed by atoms with E-state index in [1.54, 1.807) is 12.1 Å². The number of rotatable bonds is 5. The lowest BCUT2D eigenvalue weighted by molar-refractivity contribution is -0.151. The molecule has 0 aromatic heterocycles. The van der Waals surface area contributed by atoms with Crippen molar-refractivity contribution in [3.8, 4) is 5.75 Å². The molecule has 0 fully saturated rings. The first kappa shape index (κ1) is 13.2. The predicted octanol–water partition coefficient (Wildman–Crippen LogP) is 1.86. The molecule has 1 aromatic rings. The number of carbonyl (C=O) groups is 1. The van der Waals surface area contributed by atoms with E-state index in [0.717, 1.165) is 3.57 Å². The third kappa shape index (κ3) is 3.97. The minimum Gasteiger partial charge on any atom is -0.476 e. The third-order valence-corrected chi connectivity index (χ3v) is 2.59. The van der Waals surface area contributed by atoms with Crippen molar-refractivity contribution in [2.75, 3.05) is 20.8 Å². The first-order valence-corrected chi connectivity index (χ1v) is 5.74. The van der Waals surface area contributed by atoms with Gasteiger partial charge in [0.2, 0.25) is 6.10 Å². The fourth-order valence-electron chi connectivity index (χ4n) is 1.11. The van der Waals surface area contributed by atoms with Crippen LogP contribution >= 0.6 is 22.6 Å². The molecule has 16 heavy (non-hydrogen) atoms. The van der Waals surface area contributed by atoms with Crippen LogP contribution in [0.2, 0.25) is 0 Å². The summed E-state index contributed by atoms with van der Waals surface area (Å²) in [6.45, 7) is 0.165. The van der Waals surface area contributed by atoms with Gasteiger partial charge in [0.15, 0.2) is 0 Å². The molecule has 0 heterocycles. The van der Waals surface area contributed by atoms with Gasteiger partial charge in [0.1, 0.15) is 5.75 Å². The molecule has 0 N–H and O–H groups in total. The van der Waals surface area contributed by atoms with E-state index in [-0.39, 0.29) is 6.61 Å². The van der Waals surface area contributed by atoms with Gasteiger partial charge in [0, 0.05) is 10.7 Å². The molecule has 4 nitrogen and oxygen atoms in total. The summed E-state index contributed by atoms with van der Waals surface area (Å²) in [5.41, 5.74) is 0. The van der Waals surface area contributed by atoms with Crippen LogP contribution in [0.1, 0.15) is 0 Å². The third-order valence-electron chi connectivity index (χ3n) is 1.87. The van der Waals surface area contributed by atoms with Crippen LogP contribution in [0.5, 0.6) is 5.75 Å². The molecule has 1 atom stereocenters. The van der Waals surface area contributed by atoms with Crippen LogP contribution in [0.15, 0.2) is 24.3 Å². The Kier molecular flexibility index (Phi) is 5.54. The molecule has 0 aliphatic heterocycles. The Morgan fingerprint density at radius 2 is 1.94 bits per heavy atom. The Labute approximate surface area is 108 Å². The highest BCUT2D eigenvalue weighted by atomic mass is 127. The molecule has 1 unspecified atom stereocenters. The number of hydrogen-bond donors (Lipinski definition) is 0. The molecule has 0 spiro atoms. The summed E-state index contributed by atoms with van der Waals surface area (Å²) >= 11 is 2.20. The highest BCUT2D eigenvalue weighted by molar-refractivity contribution is 14.1. The summed E-state index contributed by atoms with van der Waals surface area (Å²) in [6, 6.07) is 7.40. The van der Waals surface area contributed by atoms with Crippen molar-refractivity contribution in [2.45, 2.75) is 6.10 Å². The fraction of sp³-hybridized carbons (Fsp3) is 0.364. The maximum Gasteiger partial charge on any atom is 0.349 e. The van der Waals surface area contributed by atoms with Gasteiger partial charge in [-0.1, -0.05) is 0 Å². The number of ether oxygens (including phenoxy) is 3. The van der Waals surface area contributed by atoms with Gasteiger partial charge in [-0.3, -0.25) is 0 Å². The van der Waals surface area contributed by atoms with Crippen LogP contribution in [-0.4, -0.2) is 32.9 Å². The SMILES string of the molecule is COCC(Oc1ccc(I)cc1)C(=O)OC. The Morgan fingerprint density at radius 1 is 1.31 bits per heavy atom. The van der Waals surface area contributed by atoms with Crippen LogP contribution < -0.4 is 4.74 Å². The van der Waals surface area contributed by atoms with Gasteiger partial charge in [0.05, 0.1) is 13.7 Å². The van der Waals surface area contributed by atoms with E-state index in [9.17, 15) is 4.79 Å². The second kappa shape index (κ2) is 6.70. The molecule has 1 rings (SSSR count). The number of benzene rings is 1. The molecule has 0 saturated carbocycles. The highest BCUT2D eigenvalue weighted by Crippen LogP contribution is 2.15. The van der Waals surface area contributed by atoms with Gasteiger partial charge in [-0.05, 0) is 46.9 Å². The van der Waals surface area contributed by atoms with Crippen LogP contribution in [-0.2, 0) is 14.3 Å². The average Bonchev–Trinajstić information content (AvgIpc) is 2.30. The van der Waals surface area contributed by atoms with Crippen LogP contribution in [0.3, 0.4) is 0 Å². The zero-order chi connectivity index (χ0) is 12.0. The smallest absolute Gasteiger partial charge is 0.349 e. The maximum atomic E-state index is 11.3. The van der Waals surface area contributed by atoms with Gasteiger partial charge in [-0.25, -0.2) is 4.79 Å². The number of methoxy groups -OCH3 is 2. The van der Waals surface area contributed by atoms with Gasteiger partial charge in [-0.15, -0.1) is 0 Å². The molecule has 0 amide bonds. The molecule has 0 saturated heterocycles. The van der Waals surface area contributed by atoms with E-state index in [1.807, 2.05) is 12.1 Å². The number of hydrogen-bond acceptors (Lipinski definition) is 4. The molecular weight excluding hydrogens is 323 g/mol. The zero-order valence-corrected chi connectivity index (χ0v) is 11.3. The second-order valence-electron chi connectivity index (χ2n) is 3.04. The summed E-state index contributed by atoms with van der Waals surface area (Å²) in [6.07, 6.45) is -0.727. The van der Waals surface area contributed by atoms with Crippen molar-refractivity contribution in [3.05, 3.63) is 27.8 Å². The lowest BCUT2D eigenvalue weighted by atomic mass is 10.3. The normalized spacial score (nSPS) is 11.9. The van der Waals surface area contributed by atoms with Crippen molar-refractivity contribution < 1.29 is 19.0 Å².